The average Bonchev–Trinajstić information content (AvgIpc) is 2.28. The summed E-state index contributed by atoms with van der Waals surface area (Å²) in [5.41, 5.74) is 1.30. The molecule has 5 heteroatoms. The molecular weight excluding hydrogens is 287 g/mol. The molecule has 0 atom stereocenters. The molecule has 2 aromatic rings. The van der Waals surface area contributed by atoms with Crippen molar-refractivity contribution in [3.05, 3.63) is 62.2 Å². The third-order valence-electron chi connectivity index (χ3n) is 2.36. The van der Waals surface area contributed by atoms with Crippen LogP contribution in [0.4, 0.5) is 4.39 Å². The van der Waals surface area contributed by atoms with Gasteiger partial charge in [0.2, 0.25) is 0 Å². The Morgan fingerprint density at radius 3 is 2.94 bits per heavy atom. The highest BCUT2D eigenvalue weighted by Gasteiger charge is 2.07. The fourth-order valence-corrected chi connectivity index (χ4v) is 1.86. The van der Waals surface area contributed by atoms with Crippen LogP contribution in [0, 0.1) is 12.7 Å². The first kappa shape index (κ1) is 12.0. The maximum Gasteiger partial charge on any atom is 0.267 e. The molecule has 1 aromatic heterocycles. The van der Waals surface area contributed by atoms with Crippen molar-refractivity contribution < 1.29 is 4.39 Å². The maximum atomic E-state index is 13.3. The minimum absolute atomic E-state index is 0.193. The number of aromatic nitrogens is 2. The van der Waals surface area contributed by atoms with Gasteiger partial charge in [0.05, 0.1) is 17.2 Å². The lowest BCUT2D eigenvalue weighted by molar-refractivity contribution is 0.602. The molecule has 0 aliphatic heterocycles. The fourth-order valence-electron chi connectivity index (χ4n) is 1.47. The summed E-state index contributed by atoms with van der Waals surface area (Å²) in [5, 5.41) is 4.00. The molecule has 2 rings (SSSR count). The van der Waals surface area contributed by atoms with Crippen molar-refractivity contribution in [2.45, 2.75) is 13.5 Å². The van der Waals surface area contributed by atoms with E-state index in [0.717, 1.165) is 5.56 Å². The Morgan fingerprint density at radius 2 is 2.24 bits per heavy atom. The molecule has 17 heavy (non-hydrogen) atoms. The van der Waals surface area contributed by atoms with Crippen LogP contribution in [-0.4, -0.2) is 9.78 Å². The van der Waals surface area contributed by atoms with Gasteiger partial charge < -0.3 is 0 Å². The van der Waals surface area contributed by atoms with Gasteiger partial charge in [0, 0.05) is 6.07 Å². The molecule has 1 heterocycles. The highest BCUT2D eigenvalue weighted by atomic mass is 79.9. The normalized spacial score (nSPS) is 10.5. The van der Waals surface area contributed by atoms with E-state index in [9.17, 15) is 9.18 Å². The SMILES string of the molecule is Cc1cnn(Cc2cccc(F)c2Br)c(=O)c1. The predicted molar refractivity (Wildman–Crippen MR) is 66.4 cm³/mol. The summed E-state index contributed by atoms with van der Waals surface area (Å²) in [5.74, 6) is -0.345. The van der Waals surface area contributed by atoms with Crippen LogP contribution in [0.15, 0.2) is 39.7 Å². The quantitative estimate of drug-likeness (QED) is 0.853. The summed E-state index contributed by atoms with van der Waals surface area (Å²) in [6, 6.07) is 6.22. The summed E-state index contributed by atoms with van der Waals surface area (Å²) in [7, 11) is 0. The molecule has 88 valence electrons. The van der Waals surface area contributed by atoms with Gasteiger partial charge in [-0.25, -0.2) is 9.07 Å². The second-order valence-electron chi connectivity index (χ2n) is 3.74. The summed E-state index contributed by atoms with van der Waals surface area (Å²) >= 11 is 3.16. The van der Waals surface area contributed by atoms with E-state index < -0.39 is 0 Å². The topological polar surface area (TPSA) is 34.9 Å². The van der Waals surface area contributed by atoms with Crippen molar-refractivity contribution in [3.8, 4) is 0 Å². The van der Waals surface area contributed by atoms with E-state index in [0.29, 0.717) is 10.0 Å². The first-order valence-corrected chi connectivity index (χ1v) is 5.84. The summed E-state index contributed by atoms with van der Waals surface area (Å²) in [4.78, 5) is 11.6. The number of hydrogen-bond acceptors (Lipinski definition) is 2. The highest BCUT2D eigenvalue weighted by Crippen LogP contribution is 2.20. The van der Waals surface area contributed by atoms with Gasteiger partial charge in [-0.05, 0) is 40.0 Å². The Kier molecular flexibility index (Phi) is 3.38. The van der Waals surface area contributed by atoms with E-state index in [-0.39, 0.29) is 17.9 Å². The largest absolute Gasteiger partial charge is 0.268 e. The average molecular weight is 297 g/mol. The Hall–Kier alpha value is -1.49. The Labute approximate surface area is 106 Å². The van der Waals surface area contributed by atoms with Crippen LogP contribution in [0.25, 0.3) is 0 Å². The zero-order valence-electron chi connectivity index (χ0n) is 9.15. The van der Waals surface area contributed by atoms with Crippen molar-refractivity contribution >= 4 is 15.9 Å². The first-order valence-electron chi connectivity index (χ1n) is 5.04. The molecule has 0 radical (unpaired) electrons. The van der Waals surface area contributed by atoms with Crippen LogP contribution in [0.2, 0.25) is 0 Å². The van der Waals surface area contributed by atoms with Crippen molar-refractivity contribution in [2.75, 3.05) is 0 Å². The molecule has 0 bridgehead atoms. The third kappa shape index (κ3) is 2.61. The molecule has 0 spiro atoms. The van der Waals surface area contributed by atoms with Gasteiger partial charge in [-0.1, -0.05) is 12.1 Å². The van der Waals surface area contributed by atoms with Crippen LogP contribution in [0.1, 0.15) is 11.1 Å². The molecule has 3 nitrogen and oxygen atoms in total. The number of benzene rings is 1. The van der Waals surface area contributed by atoms with Crippen LogP contribution in [0.3, 0.4) is 0 Å². The number of aryl methyl sites for hydroxylation is 1. The lowest BCUT2D eigenvalue weighted by atomic mass is 10.2. The van der Waals surface area contributed by atoms with Gasteiger partial charge in [-0.2, -0.15) is 5.10 Å². The van der Waals surface area contributed by atoms with E-state index in [1.165, 1.54) is 16.8 Å². The summed E-state index contributed by atoms with van der Waals surface area (Å²) in [6.07, 6.45) is 1.61. The van der Waals surface area contributed by atoms with E-state index in [1.54, 1.807) is 25.3 Å². The molecule has 0 saturated heterocycles. The standard InChI is InChI=1S/C12H10BrFN2O/c1-8-5-11(17)16(15-6-8)7-9-3-2-4-10(14)12(9)13/h2-6H,7H2,1H3. The number of halogens is 2. The molecule has 0 unspecified atom stereocenters. The van der Waals surface area contributed by atoms with Gasteiger partial charge >= 0.3 is 0 Å². The van der Waals surface area contributed by atoms with Gasteiger partial charge in [0.1, 0.15) is 5.82 Å². The minimum atomic E-state index is -0.345. The molecule has 0 saturated carbocycles. The number of hydrogen-bond donors (Lipinski definition) is 0. The van der Waals surface area contributed by atoms with Crippen LogP contribution in [-0.2, 0) is 6.54 Å². The van der Waals surface area contributed by atoms with Gasteiger partial charge in [-0.15, -0.1) is 0 Å². The van der Waals surface area contributed by atoms with Gasteiger partial charge in [0.25, 0.3) is 5.56 Å². The number of nitrogens with zero attached hydrogens (tertiary/aromatic N) is 2. The Bertz CT molecular complexity index is 610. The monoisotopic (exact) mass is 296 g/mol. The molecule has 0 fully saturated rings. The second-order valence-corrected chi connectivity index (χ2v) is 4.53. The first-order chi connectivity index (χ1) is 8.08. The summed E-state index contributed by atoms with van der Waals surface area (Å²) < 4.78 is 15.0. The summed E-state index contributed by atoms with van der Waals surface area (Å²) in [6.45, 7) is 2.05. The zero-order chi connectivity index (χ0) is 12.4. The van der Waals surface area contributed by atoms with E-state index >= 15 is 0 Å². The molecule has 1 aromatic carbocycles. The molecule has 0 aliphatic rings. The van der Waals surface area contributed by atoms with Crippen molar-refractivity contribution in [3.63, 3.8) is 0 Å². The van der Waals surface area contributed by atoms with Crippen molar-refractivity contribution in [2.24, 2.45) is 0 Å². The molecular formula is C12H10BrFN2O. The van der Waals surface area contributed by atoms with Crippen molar-refractivity contribution in [1.29, 1.82) is 0 Å². The number of rotatable bonds is 2. The molecule has 0 aliphatic carbocycles. The van der Waals surface area contributed by atoms with Crippen LogP contribution >= 0.6 is 15.9 Å². The Morgan fingerprint density at radius 1 is 1.47 bits per heavy atom. The zero-order valence-corrected chi connectivity index (χ0v) is 10.7. The lowest BCUT2D eigenvalue weighted by Gasteiger charge is -2.07. The van der Waals surface area contributed by atoms with E-state index in [1.807, 2.05) is 0 Å². The van der Waals surface area contributed by atoms with E-state index in [2.05, 4.69) is 21.0 Å². The van der Waals surface area contributed by atoms with Crippen LogP contribution < -0.4 is 5.56 Å². The Balaban J connectivity index is 2.38. The highest BCUT2D eigenvalue weighted by molar-refractivity contribution is 9.10. The molecule has 0 amide bonds. The van der Waals surface area contributed by atoms with Crippen molar-refractivity contribution in [1.82, 2.24) is 9.78 Å². The second kappa shape index (κ2) is 4.79. The van der Waals surface area contributed by atoms with Gasteiger partial charge in [-0.3, -0.25) is 4.79 Å². The lowest BCUT2D eigenvalue weighted by Crippen LogP contribution is -2.22. The fraction of sp³-hybridized carbons (Fsp3) is 0.167. The maximum absolute atomic E-state index is 13.3. The molecule has 0 N–H and O–H groups in total. The minimum Gasteiger partial charge on any atom is -0.268 e. The smallest absolute Gasteiger partial charge is 0.267 e. The predicted octanol–water partition coefficient (Wildman–Crippen LogP) is 2.50. The third-order valence-corrected chi connectivity index (χ3v) is 3.25. The van der Waals surface area contributed by atoms with Gasteiger partial charge in [0.15, 0.2) is 0 Å². The van der Waals surface area contributed by atoms with E-state index in [4.69, 9.17) is 0 Å². The van der Waals surface area contributed by atoms with Crippen LogP contribution in [0.5, 0.6) is 0 Å².